The van der Waals surface area contributed by atoms with Crippen molar-refractivity contribution < 1.29 is 0 Å². The Morgan fingerprint density at radius 3 is 2.79 bits per heavy atom. The first kappa shape index (κ1) is 12.6. The van der Waals surface area contributed by atoms with Gasteiger partial charge in [-0.05, 0) is 49.0 Å². The molecule has 96 valence electrons. The van der Waals surface area contributed by atoms with Gasteiger partial charge in [0.1, 0.15) is 0 Å². The molecule has 0 N–H and O–H groups in total. The SMILES string of the molecule is Brc1ccc(C2=CC3C/C=C\C=C/C(=N2)CC3)cc1. The minimum Gasteiger partial charge on any atom is -0.253 e. The van der Waals surface area contributed by atoms with E-state index >= 15 is 0 Å². The van der Waals surface area contributed by atoms with Crippen LogP contribution in [0.1, 0.15) is 24.8 Å². The number of nitrogens with zero attached hydrogens (tertiary/aromatic N) is 1. The Bertz CT molecular complexity index is 576. The van der Waals surface area contributed by atoms with Crippen molar-refractivity contribution in [3.63, 3.8) is 0 Å². The zero-order chi connectivity index (χ0) is 13.1. The maximum absolute atomic E-state index is 4.84. The topological polar surface area (TPSA) is 12.4 Å². The Morgan fingerprint density at radius 1 is 1.11 bits per heavy atom. The van der Waals surface area contributed by atoms with E-state index in [0.29, 0.717) is 5.92 Å². The van der Waals surface area contributed by atoms with Crippen LogP contribution in [0.5, 0.6) is 0 Å². The number of rotatable bonds is 1. The number of halogens is 1. The van der Waals surface area contributed by atoms with Gasteiger partial charge in [-0.1, -0.05) is 52.4 Å². The van der Waals surface area contributed by atoms with Crippen LogP contribution in [0.4, 0.5) is 0 Å². The second kappa shape index (κ2) is 5.70. The van der Waals surface area contributed by atoms with Crippen LogP contribution < -0.4 is 0 Å². The molecule has 1 aliphatic carbocycles. The van der Waals surface area contributed by atoms with E-state index in [1.165, 1.54) is 17.7 Å². The number of hydrogen-bond donors (Lipinski definition) is 0. The molecule has 0 radical (unpaired) electrons. The lowest BCUT2D eigenvalue weighted by Crippen LogP contribution is -1.96. The average Bonchev–Trinajstić information content (AvgIpc) is 2.56. The molecule has 1 aromatic carbocycles. The van der Waals surface area contributed by atoms with Gasteiger partial charge in [0.2, 0.25) is 0 Å². The van der Waals surface area contributed by atoms with Gasteiger partial charge in [0.15, 0.2) is 0 Å². The number of fused-ring (bicyclic) bond motifs is 3. The molecule has 3 rings (SSSR count). The fraction of sp³-hybridized carbons (Fsp3) is 0.235. The first-order valence-electron chi connectivity index (χ1n) is 6.70. The Hall–Kier alpha value is -1.41. The van der Waals surface area contributed by atoms with E-state index in [0.717, 1.165) is 23.0 Å². The summed E-state index contributed by atoms with van der Waals surface area (Å²) in [5.41, 5.74) is 3.50. The van der Waals surface area contributed by atoms with Gasteiger partial charge in [-0.15, -0.1) is 0 Å². The summed E-state index contributed by atoms with van der Waals surface area (Å²) >= 11 is 3.48. The molecule has 1 aliphatic heterocycles. The van der Waals surface area contributed by atoms with E-state index in [2.05, 4.69) is 70.6 Å². The molecular weight excluding hydrogens is 298 g/mol. The second-order valence-electron chi connectivity index (χ2n) is 4.98. The Balaban J connectivity index is 2.02. The highest BCUT2D eigenvalue weighted by Gasteiger charge is 2.14. The summed E-state index contributed by atoms with van der Waals surface area (Å²) in [5.74, 6) is 0.594. The van der Waals surface area contributed by atoms with Gasteiger partial charge in [0.25, 0.3) is 0 Å². The van der Waals surface area contributed by atoms with Crippen LogP contribution in [0.3, 0.4) is 0 Å². The molecule has 1 heterocycles. The molecule has 0 saturated heterocycles. The molecular formula is C17H16BrN. The van der Waals surface area contributed by atoms with Gasteiger partial charge in [-0.2, -0.15) is 0 Å². The fourth-order valence-electron chi connectivity index (χ4n) is 2.47. The van der Waals surface area contributed by atoms with E-state index in [9.17, 15) is 0 Å². The zero-order valence-corrected chi connectivity index (χ0v) is 12.3. The van der Waals surface area contributed by atoms with E-state index in [4.69, 9.17) is 4.99 Å². The van der Waals surface area contributed by atoms with Crippen molar-refractivity contribution in [2.45, 2.75) is 19.3 Å². The number of aliphatic imine (C=N–C) groups is 1. The predicted molar refractivity (Wildman–Crippen MR) is 85.2 cm³/mol. The minimum absolute atomic E-state index is 0.594. The van der Waals surface area contributed by atoms with Crippen LogP contribution >= 0.6 is 15.9 Å². The third kappa shape index (κ3) is 3.13. The monoisotopic (exact) mass is 313 g/mol. The Kier molecular flexibility index (Phi) is 3.79. The molecule has 2 bridgehead atoms. The van der Waals surface area contributed by atoms with Crippen LogP contribution in [-0.2, 0) is 0 Å². The summed E-state index contributed by atoms with van der Waals surface area (Å²) in [4.78, 5) is 4.84. The molecule has 1 unspecified atom stereocenters. The molecule has 2 aliphatic rings. The van der Waals surface area contributed by atoms with Crippen molar-refractivity contribution in [2.75, 3.05) is 0 Å². The van der Waals surface area contributed by atoms with Crippen molar-refractivity contribution in [1.29, 1.82) is 0 Å². The molecule has 2 heteroatoms. The lowest BCUT2D eigenvalue weighted by atomic mass is 9.97. The lowest BCUT2D eigenvalue weighted by molar-refractivity contribution is 0.621. The maximum atomic E-state index is 4.84. The van der Waals surface area contributed by atoms with E-state index in [1.54, 1.807) is 0 Å². The molecule has 19 heavy (non-hydrogen) atoms. The van der Waals surface area contributed by atoms with Crippen molar-refractivity contribution in [3.8, 4) is 0 Å². The smallest absolute Gasteiger partial charge is 0.0668 e. The summed E-state index contributed by atoms with van der Waals surface area (Å²) in [7, 11) is 0. The molecule has 1 nitrogen and oxygen atoms in total. The molecule has 0 spiro atoms. The van der Waals surface area contributed by atoms with Crippen LogP contribution in [0.15, 0.2) is 64.1 Å². The normalized spacial score (nSPS) is 25.4. The Morgan fingerprint density at radius 2 is 1.95 bits per heavy atom. The van der Waals surface area contributed by atoms with Crippen molar-refractivity contribution in [1.82, 2.24) is 0 Å². The molecule has 0 saturated carbocycles. The highest BCUT2D eigenvalue weighted by molar-refractivity contribution is 9.10. The lowest BCUT2D eigenvalue weighted by Gasteiger charge is -2.08. The number of benzene rings is 1. The standard InChI is InChI=1S/C17H16BrN/c18-15-9-7-14(8-10-15)17-12-13-4-2-1-3-5-16(19-17)11-6-13/h1-3,5,7-10,12-13H,4,6,11H2/b2-1-,5-3-. The van der Waals surface area contributed by atoms with Crippen molar-refractivity contribution in [3.05, 3.63) is 64.7 Å². The highest BCUT2D eigenvalue weighted by Crippen LogP contribution is 2.28. The third-order valence-corrected chi connectivity index (χ3v) is 4.07. The van der Waals surface area contributed by atoms with Crippen LogP contribution in [0, 0.1) is 5.92 Å². The van der Waals surface area contributed by atoms with E-state index in [-0.39, 0.29) is 0 Å². The average molecular weight is 314 g/mol. The van der Waals surface area contributed by atoms with Gasteiger partial charge in [-0.3, -0.25) is 4.99 Å². The summed E-state index contributed by atoms with van der Waals surface area (Å²) in [5, 5.41) is 0. The van der Waals surface area contributed by atoms with Gasteiger partial charge in [0, 0.05) is 10.2 Å². The largest absolute Gasteiger partial charge is 0.253 e. The van der Waals surface area contributed by atoms with Gasteiger partial charge >= 0.3 is 0 Å². The van der Waals surface area contributed by atoms with E-state index in [1.807, 2.05) is 0 Å². The predicted octanol–water partition coefficient (Wildman–Crippen LogP) is 5.16. The molecule has 0 aromatic heterocycles. The quantitative estimate of drug-likeness (QED) is 0.679. The van der Waals surface area contributed by atoms with Crippen LogP contribution in [-0.4, -0.2) is 5.71 Å². The van der Waals surface area contributed by atoms with Crippen molar-refractivity contribution >= 4 is 27.3 Å². The highest BCUT2D eigenvalue weighted by atomic mass is 79.9. The molecule has 0 amide bonds. The van der Waals surface area contributed by atoms with Crippen molar-refractivity contribution in [2.24, 2.45) is 10.9 Å². The zero-order valence-electron chi connectivity index (χ0n) is 10.7. The van der Waals surface area contributed by atoms with Gasteiger partial charge in [0.05, 0.1) is 5.70 Å². The Labute approximate surface area is 122 Å². The minimum atomic E-state index is 0.594. The summed E-state index contributed by atoms with van der Waals surface area (Å²) in [6, 6.07) is 8.41. The maximum Gasteiger partial charge on any atom is 0.0668 e. The van der Waals surface area contributed by atoms with Gasteiger partial charge in [-0.25, -0.2) is 0 Å². The third-order valence-electron chi connectivity index (χ3n) is 3.54. The van der Waals surface area contributed by atoms with Crippen LogP contribution in [0.2, 0.25) is 0 Å². The molecule has 1 aromatic rings. The fourth-order valence-corrected chi connectivity index (χ4v) is 2.74. The summed E-state index contributed by atoms with van der Waals surface area (Å²) in [6.45, 7) is 0. The molecule has 0 fully saturated rings. The first-order chi connectivity index (χ1) is 9.31. The summed E-state index contributed by atoms with van der Waals surface area (Å²) < 4.78 is 1.11. The van der Waals surface area contributed by atoms with Crippen LogP contribution in [0.25, 0.3) is 5.70 Å². The molecule has 1 atom stereocenters. The van der Waals surface area contributed by atoms with Gasteiger partial charge < -0.3 is 0 Å². The number of hydrogen-bond acceptors (Lipinski definition) is 1. The summed E-state index contributed by atoms with van der Waals surface area (Å²) in [6.07, 6.45) is 14.3. The second-order valence-corrected chi connectivity index (χ2v) is 5.90. The first-order valence-corrected chi connectivity index (χ1v) is 7.49. The number of allylic oxidation sites excluding steroid dienone is 5. The van der Waals surface area contributed by atoms with E-state index < -0.39 is 0 Å².